The van der Waals surface area contributed by atoms with Crippen LogP contribution in [0.2, 0.25) is 0 Å². The predicted octanol–water partition coefficient (Wildman–Crippen LogP) is 0.853. The first-order valence-corrected chi connectivity index (χ1v) is 6.56. The lowest BCUT2D eigenvalue weighted by Crippen LogP contribution is -2.58. The second kappa shape index (κ2) is 3.69. The van der Waals surface area contributed by atoms with E-state index in [-0.39, 0.29) is 19.2 Å². The van der Waals surface area contributed by atoms with Crippen LogP contribution in [0, 0.1) is 17.3 Å². The molecule has 17 heavy (non-hydrogen) atoms. The van der Waals surface area contributed by atoms with Gasteiger partial charge < -0.3 is 14.9 Å². The van der Waals surface area contributed by atoms with Crippen molar-refractivity contribution in [3.8, 4) is 0 Å². The molecular weight excluding hydrogens is 220 g/mol. The summed E-state index contributed by atoms with van der Waals surface area (Å²) >= 11 is 0. The molecule has 2 atom stereocenters. The summed E-state index contributed by atoms with van der Waals surface area (Å²) in [5.41, 5.74) is -1.07. The smallest absolute Gasteiger partial charge is 0.312 e. The van der Waals surface area contributed by atoms with Crippen LogP contribution in [0.5, 0.6) is 0 Å². The zero-order valence-electron chi connectivity index (χ0n) is 10.0. The van der Waals surface area contributed by atoms with Crippen LogP contribution >= 0.6 is 0 Å². The zero-order chi connectivity index (χ0) is 12.1. The molecule has 2 N–H and O–H groups in total. The molecule has 0 aromatic rings. The van der Waals surface area contributed by atoms with Gasteiger partial charge in [0.1, 0.15) is 6.61 Å². The Morgan fingerprint density at radius 1 is 1.24 bits per heavy atom. The summed E-state index contributed by atoms with van der Waals surface area (Å²) in [4.78, 5) is 12.2. The minimum atomic E-state index is -0.623. The van der Waals surface area contributed by atoms with E-state index in [1.54, 1.807) is 0 Å². The first-order valence-electron chi connectivity index (χ1n) is 6.56. The fourth-order valence-corrected chi connectivity index (χ4v) is 4.74. The van der Waals surface area contributed by atoms with E-state index in [1.165, 1.54) is 0 Å². The second-order valence-corrected chi connectivity index (χ2v) is 6.33. The quantitative estimate of drug-likeness (QED) is 0.718. The van der Waals surface area contributed by atoms with Gasteiger partial charge in [-0.25, -0.2) is 0 Å². The third kappa shape index (κ3) is 1.78. The maximum Gasteiger partial charge on any atom is 0.312 e. The van der Waals surface area contributed by atoms with Gasteiger partial charge in [-0.1, -0.05) is 0 Å². The number of aliphatic hydroxyl groups is 2. The molecule has 0 amide bonds. The molecule has 96 valence electrons. The maximum atomic E-state index is 12.2. The summed E-state index contributed by atoms with van der Waals surface area (Å²) in [7, 11) is 0. The molecule has 0 spiro atoms. The van der Waals surface area contributed by atoms with Crippen LogP contribution in [0.25, 0.3) is 0 Å². The van der Waals surface area contributed by atoms with Crippen molar-refractivity contribution in [3.63, 3.8) is 0 Å². The Balaban J connectivity index is 1.81. The van der Waals surface area contributed by atoms with Gasteiger partial charge in [-0.15, -0.1) is 0 Å². The monoisotopic (exact) mass is 240 g/mol. The van der Waals surface area contributed by atoms with Crippen molar-refractivity contribution in [1.29, 1.82) is 0 Å². The molecule has 4 aliphatic carbocycles. The van der Waals surface area contributed by atoms with E-state index in [0.29, 0.717) is 18.3 Å². The molecule has 4 rings (SSSR count). The third-order valence-electron chi connectivity index (χ3n) is 4.79. The van der Waals surface area contributed by atoms with E-state index in [1.807, 2.05) is 0 Å². The van der Waals surface area contributed by atoms with Gasteiger partial charge >= 0.3 is 5.97 Å². The summed E-state index contributed by atoms with van der Waals surface area (Å²) in [6.45, 7) is -0.0483. The predicted molar refractivity (Wildman–Crippen MR) is 60.1 cm³/mol. The van der Waals surface area contributed by atoms with E-state index in [0.717, 1.165) is 32.1 Å². The van der Waals surface area contributed by atoms with Crippen molar-refractivity contribution in [2.24, 2.45) is 17.3 Å². The molecule has 0 aromatic heterocycles. The Hall–Kier alpha value is -0.610. The number of ether oxygens (including phenoxy) is 1. The molecular formula is C13H20O4. The number of hydrogen-bond donors (Lipinski definition) is 2. The fourth-order valence-electron chi connectivity index (χ4n) is 4.74. The molecule has 4 heteroatoms. The highest BCUT2D eigenvalue weighted by Gasteiger charge is 2.60. The van der Waals surface area contributed by atoms with Gasteiger partial charge in [0.05, 0.1) is 17.6 Å². The summed E-state index contributed by atoms with van der Waals surface area (Å²) in [6, 6.07) is 0. The van der Waals surface area contributed by atoms with Crippen molar-refractivity contribution >= 4 is 5.97 Å². The average Bonchev–Trinajstić information content (AvgIpc) is 2.22. The first-order chi connectivity index (χ1) is 8.05. The molecule has 2 unspecified atom stereocenters. The van der Waals surface area contributed by atoms with Crippen LogP contribution in [0.3, 0.4) is 0 Å². The SMILES string of the molecule is O=C(OCCO)C12CC3CC(CC(O)(C3)C1)C2. The number of esters is 1. The lowest BCUT2D eigenvalue weighted by molar-refractivity contribution is -0.196. The van der Waals surface area contributed by atoms with Crippen molar-refractivity contribution in [2.75, 3.05) is 13.2 Å². The van der Waals surface area contributed by atoms with Crippen LogP contribution in [-0.4, -0.2) is 35.0 Å². The zero-order valence-corrected chi connectivity index (χ0v) is 10.0. The highest BCUT2D eigenvalue weighted by Crippen LogP contribution is 2.61. The minimum absolute atomic E-state index is 0.0777. The molecule has 4 nitrogen and oxygen atoms in total. The molecule has 0 radical (unpaired) electrons. The molecule has 4 saturated carbocycles. The summed E-state index contributed by atoms with van der Waals surface area (Å²) in [6.07, 6.45) is 5.19. The molecule has 0 heterocycles. The van der Waals surface area contributed by atoms with E-state index in [9.17, 15) is 9.90 Å². The highest BCUT2D eigenvalue weighted by atomic mass is 16.5. The molecule has 0 aromatic carbocycles. The van der Waals surface area contributed by atoms with E-state index in [4.69, 9.17) is 9.84 Å². The average molecular weight is 240 g/mol. The van der Waals surface area contributed by atoms with Crippen LogP contribution in [0.1, 0.15) is 38.5 Å². The van der Waals surface area contributed by atoms with Crippen molar-refractivity contribution in [1.82, 2.24) is 0 Å². The fraction of sp³-hybridized carbons (Fsp3) is 0.923. The molecule has 0 saturated heterocycles. The van der Waals surface area contributed by atoms with Gasteiger partial charge in [-0.3, -0.25) is 4.79 Å². The second-order valence-electron chi connectivity index (χ2n) is 6.33. The summed E-state index contributed by atoms with van der Waals surface area (Å²) < 4.78 is 5.12. The standard InChI is InChI=1S/C13H20O4/c14-1-2-17-11(15)12-4-9-3-10(5-12)7-13(16,6-9)8-12/h9-10,14,16H,1-8H2. The van der Waals surface area contributed by atoms with Crippen LogP contribution in [-0.2, 0) is 9.53 Å². The van der Waals surface area contributed by atoms with Gasteiger partial charge in [0.25, 0.3) is 0 Å². The number of rotatable bonds is 3. The Bertz CT molecular complexity index is 324. The number of carbonyl (C=O) groups is 1. The minimum Gasteiger partial charge on any atom is -0.463 e. The Morgan fingerprint density at radius 3 is 2.41 bits per heavy atom. The number of carbonyl (C=O) groups excluding carboxylic acids is 1. The highest BCUT2D eigenvalue weighted by molar-refractivity contribution is 5.77. The Kier molecular flexibility index (Phi) is 2.49. The van der Waals surface area contributed by atoms with Gasteiger partial charge in [0, 0.05) is 0 Å². The third-order valence-corrected chi connectivity index (χ3v) is 4.79. The normalized spacial score (nSPS) is 47.2. The van der Waals surface area contributed by atoms with E-state index in [2.05, 4.69) is 0 Å². The molecule has 4 fully saturated rings. The van der Waals surface area contributed by atoms with Gasteiger partial charge in [0.2, 0.25) is 0 Å². The van der Waals surface area contributed by atoms with E-state index >= 15 is 0 Å². The summed E-state index contributed by atoms with van der Waals surface area (Å²) in [5.74, 6) is 0.782. The summed E-state index contributed by atoms with van der Waals surface area (Å²) in [5, 5.41) is 19.2. The topological polar surface area (TPSA) is 66.8 Å². The first kappa shape index (κ1) is 11.5. The number of aliphatic hydroxyl groups excluding tert-OH is 1. The Morgan fingerprint density at radius 2 is 1.88 bits per heavy atom. The van der Waals surface area contributed by atoms with Gasteiger partial charge in [-0.2, -0.15) is 0 Å². The van der Waals surface area contributed by atoms with Crippen molar-refractivity contribution in [2.45, 2.75) is 44.1 Å². The Labute approximate surface area is 101 Å². The van der Waals surface area contributed by atoms with Crippen LogP contribution < -0.4 is 0 Å². The lowest BCUT2D eigenvalue weighted by Gasteiger charge is -2.58. The van der Waals surface area contributed by atoms with Crippen LogP contribution in [0.15, 0.2) is 0 Å². The van der Waals surface area contributed by atoms with Crippen molar-refractivity contribution in [3.05, 3.63) is 0 Å². The lowest BCUT2D eigenvalue weighted by atomic mass is 9.48. The van der Waals surface area contributed by atoms with Gasteiger partial charge in [0.15, 0.2) is 0 Å². The van der Waals surface area contributed by atoms with Gasteiger partial charge in [-0.05, 0) is 50.4 Å². The molecule has 4 bridgehead atoms. The molecule has 4 aliphatic rings. The molecule has 0 aliphatic heterocycles. The van der Waals surface area contributed by atoms with E-state index < -0.39 is 11.0 Å². The largest absolute Gasteiger partial charge is 0.463 e. The van der Waals surface area contributed by atoms with Crippen molar-refractivity contribution < 1.29 is 19.7 Å². The number of hydrogen-bond acceptors (Lipinski definition) is 4. The van der Waals surface area contributed by atoms with Crippen LogP contribution in [0.4, 0.5) is 0 Å². The maximum absolute atomic E-state index is 12.2.